The molecule has 4 nitrogen and oxygen atoms in total. The molecule has 1 aromatic heterocycles. The fourth-order valence-electron chi connectivity index (χ4n) is 4.25. The Morgan fingerprint density at radius 3 is 2.32 bits per heavy atom. The second kappa shape index (κ2) is 11.9. The van der Waals surface area contributed by atoms with Crippen molar-refractivity contribution in [1.29, 1.82) is 5.26 Å². The molecule has 2 aromatic rings. The Morgan fingerprint density at radius 1 is 1.10 bits per heavy atom. The van der Waals surface area contributed by atoms with Gasteiger partial charge in [0.1, 0.15) is 12.4 Å². The van der Waals surface area contributed by atoms with Crippen molar-refractivity contribution >= 4 is 23.1 Å². The van der Waals surface area contributed by atoms with Gasteiger partial charge in [-0.15, -0.1) is 23.1 Å². The van der Waals surface area contributed by atoms with Crippen LogP contribution in [-0.4, -0.2) is 61.9 Å². The third kappa shape index (κ3) is 6.49. The highest BCUT2D eigenvalue weighted by Gasteiger charge is 2.36. The molecular formula is C25H35N3OS2. The normalized spacial score (nSPS) is 17.4. The lowest BCUT2D eigenvalue weighted by molar-refractivity contribution is 0.114. The molecule has 1 aromatic carbocycles. The number of piperazine rings is 1. The highest BCUT2D eigenvalue weighted by molar-refractivity contribution is 7.98. The fourth-order valence-corrected chi connectivity index (χ4v) is 5.71. The summed E-state index contributed by atoms with van der Waals surface area (Å²) in [5.41, 5.74) is -0.346. The third-order valence-electron chi connectivity index (χ3n) is 6.39. The Hall–Kier alpha value is -1.52. The summed E-state index contributed by atoms with van der Waals surface area (Å²) in [6.07, 6.45) is 4.09. The summed E-state index contributed by atoms with van der Waals surface area (Å²) < 4.78 is 5.91. The predicted octanol–water partition coefficient (Wildman–Crippen LogP) is 5.36. The van der Waals surface area contributed by atoms with Gasteiger partial charge in [0.2, 0.25) is 0 Å². The van der Waals surface area contributed by atoms with Crippen LogP contribution >= 0.6 is 23.1 Å². The number of hydrogen-bond acceptors (Lipinski definition) is 6. The van der Waals surface area contributed by atoms with Crippen molar-refractivity contribution in [1.82, 2.24) is 9.80 Å². The maximum atomic E-state index is 10.0. The quantitative estimate of drug-likeness (QED) is 0.425. The van der Waals surface area contributed by atoms with Crippen molar-refractivity contribution in [3.63, 3.8) is 0 Å². The molecule has 1 fully saturated rings. The number of nitrogens with zero attached hydrogens (tertiary/aromatic N) is 3. The Labute approximate surface area is 196 Å². The van der Waals surface area contributed by atoms with Crippen LogP contribution in [0.25, 0.3) is 0 Å². The molecule has 1 saturated heterocycles. The molecule has 0 spiro atoms. The zero-order valence-electron chi connectivity index (χ0n) is 19.0. The fraction of sp³-hybridized carbons (Fsp3) is 0.560. The molecular weight excluding hydrogens is 422 g/mol. The molecule has 1 atom stereocenters. The molecule has 31 heavy (non-hydrogen) atoms. The smallest absolute Gasteiger partial charge is 0.119 e. The highest BCUT2D eigenvalue weighted by atomic mass is 32.2. The average molecular weight is 458 g/mol. The van der Waals surface area contributed by atoms with Crippen LogP contribution in [0.3, 0.4) is 0 Å². The van der Waals surface area contributed by atoms with Gasteiger partial charge in [-0.2, -0.15) is 5.26 Å². The highest BCUT2D eigenvalue weighted by Crippen LogP contribution is 2.39. The van der Waals surface area contributed by atoms with Gasteiger partial charge in [-0.05, 0) is 67.3 Å². The first-order valence-corrected chi connectivity index (χ1v) is 13.3. The maximum Gasteiger partial charge on any atom is 0.119 e. The minimum atomic E-state index is -0.346. The van der Waals surface area contributed by atoms with E-state index >= 15 is 0 Å². The van der Waals surface area contributed by atoms with Crippen molar-refractivity contribution in [2.75, 3.05) is 52.1 Å². The number of thiophene rings is 1. The number of benzene rings is 1. The average Bonchev–Trinajstić information content (AvgIpc) is 3.33. The van der Waals surface area contributed by atoms with E-state index < -0.39 is 0 Å². The van der Waals surface area contributed by atoms with Crippen molar-refractivity contribution in [2.24, 2.45) is 5.92 Å². The van der Waals surface area contributed by atoms with Crippen LogP contribution < -0.4 is 4.74 Å². The summed E-state index contributed by atoms with van der Waals surface area (Å²) in [7, 11) is 0. The summed E-state index contributed by atoms with van der Waals surface area (Å²) in [4.78, 5) is 7.53. The Balaban J connectivity index is 1.36. The molecule has 168 valence electrons. The molecule has 0 N–H and O–H groups in total. The van der Waals surface area contributed by atoms with Crippen LogP contribution in [0.1, 0.15) is 31.6 Å². The number of nitriles is 1. The Morgan fingerprint density at radius 2 is 1.77 bits per heavy atom. The van der Waals surface area contributed by atoms with Crippen molar-refractivity contribution in [3.05, 3.63) is 46.7 Å². The molecule has 6 heteroatoms. The lowest BCUT2D eigenvalue weighted by Crippen LogP contribution is -2.47. The van der Waals surface area contributed by atoms with Crippen LogP contribution in [0.5, 0.6) is 5.75 Å². The van der Waals surface area contributed by atoms with Gasteiger partial charge in [-0.1, -0.05) is 19.9 Å². The van der Waals surface area contributed by atoms with Gasteiger partial charge in [-0.3, -0.25) is 4.90 Å². The van der Waals surface area contributed by atoms with E-state index in [2.05, 4.69) is 77.8 Å². The van der Waals surface area contributed by atoms with Crippen LogP contribution in [-0.2, 0) is 5.41 Å². The van der Waals surface area contributed by atoms with E-state index in [1.807, 2.05) is 0 Å². The molecule has 1 aliphatic rings. The molecule has 1 unspecified atom stereocenters. The summed E-state index contributed by atoms with van der Waals surface area (Å²) in [5, 5.41) is 12.1. The van der Waals surface area contributed by atoms with Gasteiger partial charge in [0.05, 0.1) is 11.5 Å². The zero-order chi connectivity index (χ0) is 22.1. The molecule has 2 heterocycles. The van der Waals surface area contributed by atoms with Gasteiger partial charge in [0.25, 0.3) is 0 Å². The summed E-state index contributed by atoms with van der Waals surface area (Å²) in [5.74, 6) is 1.28. The molecule has 1 aliphatic heterocycles. The molecule has 0 saturated carbocycles. The second-order valence-electron chi connectivity index (χ2n) is 8.53. The first-order chi connectivity index (χ1) is 15.1. The van der Waals surface area contributed by atoms with Gasteiger partial charge in [0.15, 0.2) is 0 Å². The van der Waals surface area contributed by atoms with Crippen LogP contribution in [0, 0.1) is 17.2 Å². The van der Waals surface area contributed by atoms with Gasteiger partial charge in [-0.25, -0.2) is 0 Å². The van der Waals surface area contributed by atoms with Crippen molar-refractivity contribution < 1.29 is 4.74 Å². The molecule has 0 bridgehead atoms. The Kier molecular flexibility index (Phi) is 9.28. The van der Waals surface area contributed by atoms with E-state index in [0.29, 0.717) is 5.92 Å². The monoisotopic (exact) mass is 457 g/mol. The summed E-state index contributed by atoms with van der Waals surface area (Å²) in [6.45, 7) is 11.5. The van der Waals surface area contributed by atoms with Crippen LogP contribution in [0.15, 0.2) is 46.7 Å². The first kappa shape index (κ1) is 24.1. The van der Waals surface area contributed by atoms with Crippen molar-refractivity contribution in [3.8, 4) is 11.8 Å². The largest absolute Gasteiger partial charge is 0.492 e. The number of thioether (sulfide) groups is 1. The third-order valence-corrected chi connectivity index (χ3v) is 8.18. The van der Waals surface area contributed by atoms with Gasteiger partial charge < -0.3 is 9.64 Å². The molecule has 3 rings (SSSR count). The topological polar surface area (TPSA) is 39.5 Å². The van der Waals surface area contributed by atoms with E-state index in [1.54, 1.807) is 23.1 Å². The molecule has 0 aliphatic carbocycles. The van der Waals surface area contributed by atoms with Crippen LogP contribution in [0.2, 0.25) is 0 Å². The second-order valence-corrected chi connectivity index (χ2v) is 10.4. The number of rotatable bonds is 11. The molecule has 0 amide bonds. The standard InChI is InChI=1S/C25H35N3OS2/c1-21(2)25(20-26,24-6-4-19-31-24)11-5-12-27-13-15-28(16-14-27)17-18-29-22-7-9-23(30-3)10-8-22/h4,6-10,19,21H,5,11-18H2,1-3H3. The predicted molar refractivity (Wildman–Crippen MR) is 132 cm³/mol. The van der Waals surface area contributed by atoms with Crippen LogP contribution in [0.4, 0.5) is 0 Å². The molecule has 0 radical (unpaired) electrons. The van der Waals surface area contributed by atoms with E-state index in [4.69, 9.17) is 4.74 Å². The minimum absolute atomic E-state index is 0.324. The van der Waals surface area contributed by atoms with Crippen molar-refractivity contribution in [2.45, 2.75) is 37.0 Å². The first-order valence-electron chi connectivity index (χ1n) is 11.2. The van der Waals surface area contributed by atoms with E-state index in [-0.39, 0.29) is 5.41 Å². The Bertz CT molecular complexity index is 808. The van der Waals surface area contributed by atoms with E-state index in [9.17, 15) is 5.26 Å². The van der Waals surface area contributed by atoms with E-state index in [1.165, 1.54) is 9.77 Å². The lowest BCUT2D eigenvalue weighted by atomic mass is 9.73. The number of hydrogen-bond donors (Lipinski definition) is 0. The minimum Gasteiger partial charge on any atom is -0.492 e. The van der Waals surface area contributed by atoms with E-state index in [0.717, 1.165) is 64.5 Å². The number of ether oxygens (including phenoxy) is 1. The SMILES string of the molecule is CSc1ccc(OCCN2CCN(CCCC(C#N)(c3cccs3)C(C)C)CC2)cc1. The van der Waals surface area contributed by atoms with Gasteiger partial charge >= 0.3 is 0 Å². The summed E-state index contributed by atoms with van der Waals surface area (Å²) in [6, 6.07) is 15.2. The lowest BCUT2D eigenvalue weighted by Gasteiger charge is -2.35. The summed E-state index contributed by atoms with van der Waals surface area (Å²) >= 11 is 3.47. The zero-order valence-corrected chi connectivity index (χ0v) is 20.7. The van der Waals surface area contributed by atoms with Gasteiger partial charge in [0, 0.05) is 42.5 Å². The maximum absolute atomic E-state index is 10.0.